The van der Waals surface area contributed by atoms with Crippen LogP contribution in [-0.4, -0.2) is 22.7 Å². The van der Waals surface area contributed by atoms with Crippen molar-refractivity contribution < 1.29 is 19.0 Å². The van der Waals surface area contributed by atoms with Gasteiger partial charge < -0.3 is 15.2 Å². The summed E-state index contributed by atoms with van der Waals surface area (Å²) in [6.45, 7) is 3.51. The van der Waals surface area contributed by atoms with Gasteiger partial charge in [-0.1, -0.05) is 0 Å². The number of nitrogens with one attached hydrogen (secondary N) is 1. The van der Waals surface area contributed by atoms with Crippen LogP contribution >= 0.6 is 0 Å². The van der Waals surface area contributed by atoms with Crippen molar-refractivity contribution in [3.05, 3.63) is 65.0 Å². The second-order valence-electron chi connectivity index (χ2n) is 6.47. The van der Waals surface area contributed by atoms with Crippen LogP contribution in [0.15, 0.2) is 42.5 Å². The van der Waals surface area contributed by atoms with Gasteiger partial charge in [-0.2, -0.15) is 5.26 Å². The minimum atomic E-state index is -1.04. The van der Waals surface area contributed by atoms with E-state index < -0.39 is 29.5 Å². The van der Waals surface area contributed by atoms with Crippen molar-refractivity contribution in [3.8, 4) is 11.8 Å². The highest BCUT2D eigenvalue weighted by Gasteiger charge is 2.44. The lowest BCUT2D eigenvalue weighted by Crippen LogP contribution is -2.57. The SMILES string of the molecule is CC1(C)Oc2ccc(C#N)cc2C(O)[C@H]1NC(=O)c1ccc(F)cc1. The van der Waals surface area contributed by atoms with Crippen molar-refractivity contribution in [2.45, 2.75) is 31.6 Å². The van der Waals surface area contributed by atoms with Gasteiger partial charge in [-0.15, -0.1) is 0 Å². The lowest BCUT2D eigenvalue weighted by molar-refractivity contribution is -0.0253. The molecule has 1 heterocycles. The number of nitrogens with zero attached hydrogens (tertiary/aromatic N) is 1. The van der Waals surface area contributed by atoms with E-state index >= 15 is 0 Å². The quantitative estimate of drug-likeness (QED) is 0.881. The molecule has 3 rings (SSSR count). The second-order valence-corrected chi connectivity index (χ2v) is 6.47. The van der Waals surface area contributed by atoms with Crippen LogP contribution < -0.4 is 10.1 Å². The van der Waals surface area contributed by atoms with Crippen molar-refractivity contribution in [1.82, 2.24) is 5.32 Å². The third-order valence-corrected chi connectivity index (χ3v) is 4.29. The Bertz CT molecular complexity index is 856. The maximum atomic E-state index is 13.0. The lowest BCUT2D eigenvalue weighted by atomic mass is 9.85. The van der Waals surface area contributed by atoms with E-state index in [2.05, 4.69) is 5.32 Å². The van der Waals surface area contributed by atoms with Crippen LogP contribution in [0.1, 0.15) is 41.4 Å². The summed E-state index contributed by atoms with van der Waals surface area (Å²) in [4.78, 5) is 12.4. The van der Waals surface area contributed by atoms with E-state index in [0.29, 0.717) is 16.9 Å². The number of aliphatic hydroxyl groups is 1. The van der Waals surface area contributed by atoms with Crippen LogP contribution in [-0.2, 0) is 0 Å². The maximum absolute atomic E-state index is 13.0. The highest BCUT2D eigenvalue weighted by molar-refractivity contribution is 5.94. The Balaban J connectivity index is 1.90. The summed E-state index contributed by atoms with van der Waals surface area (Å²) in [7, 11) is 0. The minimum absolute atomic E-state index is 0.279. The Hall–Kier alpha value is -2.91. The molecule has 2 aromatic carbocycles. The molecule has 2 atom stereocenters. The second kappa shape index (κ2) is 6.19. The van der Waals surface area contributed by atoms with E-state index in [1.165, 1.54) is 24.3 Å². The van der Waals surface area contributed by atoms with Gasteiger partial charge in [0.1, 0.15) is 23.3 Å². The molecule has 1 aliphatic rings. The summed E-state index contributed by atoms with van der Waals surface area (Å²) >= 11 is 0. The molecule has 25 heavy (non-hydrogen) atoms. The first-order valence-electron chi connectivity index (χ1n) is 7.79. The Kier molecular flexibility index (Phi) is 4.19. The molecule has 0 saturated heterocycles. The van der Waals surface area contributed by atoms with E-state index in [0.717, 1.165) is 0 Å². The standard InChI is InChI=1S/C19H17FN2O3/c1-19(2)17(22-18(24)12-4-6-13(20)7-5-12)16(23)14-9-11(10-21)3-8-15(14)25-19/h3-9,16-17,23H,1-2H3,(H,22,24)/t16?,17-/m1/s1. The monoisotopic (exact) mass is 340 g/mol. The number of hydrogen-bond donors (Lipinski definition) is 2. The van der Waals surface area contributed by atoms with Crippen LogP contribution in [0.3, 0.4) is 0 Å². The van der Waals surface area contributed by atoms with Crippen molar-refractivity contribution in [3.63, 3.8) is 0 Å². The average molecular weight is 340 g/mol. The smallest absolute Gasteiger partial charge is 0.251 e. The van der Waals surface area contributed by atoms with E-state index in [4.69, 9.17) is 10.00 Å². The molecular weight excluding hydrogens is 323 g/mol. The predicted octanol–water partition coefficient (Wildman–Crippen LogP) is 2.70. The molecule has 2 N–H and O–H groups in total. The third-order valence-electron chi connectivity index (χ3n) is 4.29. The fourth-order valence-corrected chi connectivity index (χ4v) is 2.93. The van der Waals surface area contributed by atoms with Crippen molar-refractivity contribution >= 4 is 5.91 Å². The first-order chi connectivity index (χ1) is 11.8. The van der Waals surface area contributed by atoms with Gasteiger partial charge in [0, 0.05) is 11.1 Å². The molecular formula is C19H17FN2O3. The fraction of sp³-hybridized carbons (Fsp3) is 0.263. The molecule has 1 amide bonds. The number of ether oxygens (including phenoxy) is 1. The molecule has 6 heteroatoms. The molecule has 1 aliphatic heterocycles. The van der Waals surface area contributed by atoms with Gasteiger partial charge in [0.2, 0.25) is 0 Å². The number of fused-ring (bicyclic) bond motifs is 1. The van der Waals surface area contributed by atoms with Gasteiger partial charge in [0.15, 0.2) is 0 Å². The molecule has 0 aromatic heterocycles. The molecule has 0 fully saturated rings. The van der Waals surface area contributed by atoms with Gasteiger partial charge in [0.25, 0.3) is 5.91 Å². The zero-order valence-electron chi connectivity index (χ0n) is 13.8. The molecule has 1 unspecified atom stereocenters. The zero-order chi connectivity index (χ0) is 18.2. The number of aliphatic hydroxyl groups excluding tert-OH is 1. The van der Waals surface area contributed by atoms with Gasteiger partial charge >= 0.3 is 0 Å². The summed E-state index contributed by atoms with van der Waals surface area (Å²) in [6.07, 6.45) is -1.04. The number of nitriles is 1. The summed E-state index contributed by atoms with van der Waals surface area (Å²) in [5, 5.41) is 22.5. The van der Waals surface area contributed by atoms with Crippen molar-refractivity contribution in [2.24, 2.45) is 0 Å². The fourth-order valence-electron chi connectivity index (χ4n) is 2.93. The summed E-state index contributed by atoms with van der Waals surface area (Å²) in [5.74, 6) is -0.403. The first-order valence-corrected chi connectivity index (χ1v) is 7.79. The van der Waals surface area contributed by atoms with E-state index in [1.54, 1.807) is 32.0 Å². The van der Waals surface area contributed by atoms with Crippen LogP contribution in [0, 0.1) is 17.1 Å². The molecule has 0 radical (unpaired) electrons. The normalized spacial score (nSPS) is 20.8. The highest BCUT2D eigenvalue weighted by Crippen LogP contribution is 2.40. The lowest BCUT2D eigenvalue weighted by Gasteiger charge is -2.43. The number of benzene rings is 2. The summed E-state index contributed by atoms with van der Waals surface area (Å²) < 4.78 is 18.9. The van der Waals surface area contributed by atoms with Crippen LogP contribution in [0.25, 0.3) is 0 Å². The Morgan fingerprint density at radius 3 is 2.60 bits per heavy atom. The number of hydrogen-bond acceptors (Lipinski definition) is 4. The van der Waals surface area contributed by atoms with Crippen LogP contribution in [0.4, 0.5) is 4.39 Å². The third kappa shape index (κ3) is 3.19. The number of carbonyl (C=O) groups is 1. The number of carbonyl (C=O) groups excluding carboxylic acids is 1. The predicted molar refractivity (Wildman–Crippen MR) is 88.5 cm³/mol. The van der Waals surface area contributed by atoms with Gasteiger partial charge in [-0.05, 0) is 56.3 Å². The largest absolute Gasteiger partial charge is 0.485 e. The highest BCUT2D eigenvalue weighted by atomic mass is 19.1. The number of rotatable bonds is 2. The molecule has 0 aliphatic carbocycles. The summed E-state index contributed by atoms with van der Waals surface area (Å²) in [6, 6.07) is 11.2. The Morgan fingerprint density at radius 2 is 1.96 bits per heavy atom. The van der Waals surface area contributed by atoms with Crippen molar-refractivity contribution in [1.29, 1.82) is 5.26 Å². The van der Waals surface area contributed by atoms with Crippen LogP contribution in [0.2, 0.25) is 0 Å². The Morgan fingerprint density at radius 1 is 1.28 bits per heavy atom. The maximum Gasteiger partial charge on any atom is 0.251 e. The number of halogens is 1. The van der Waals surface area contributed by atoms with E-state index in [-0.39, 0.29) is 5.56 Å². The number of amides is 1. The molecule has 0 spiro atoms. The molecule has 0 saturated carbocycles. The molecule has 128 valence electrons. The Labute approximate surface area is 144 Å². The molecule has 5 nitrogen and oxygen atoms in total. The summed E-state index contributed by atoms with van der Waals surface area (Å²) in [5.41, 5.74) is 0.240. The minimum Gasteiger partial charge on any atom is -0.485 e. The van der Waals surface area contributed by atoms with Gasteiger partial charge in [-0.25, -0.2) is 4.39 Å². The topological polar surface area (TPSA) is 82.3 Å². The van der Waals surface area contributed by atoms with Gasteiger partial charge in [-0.3, -0.25) is 4.79 Å². The molecule has 0 bridgehead atoms. The van der Waals surface area contributed by atoms with Crippen molar-refractivity contribution in [2.75, 3.05) is 0 Å². The van der Waals surface area contributed by atoms with Gasteiger partial charge in [0.05, 0.1) is 17.7 Å². The first kappa shape index (κ1) is 16.9. The molecule has 2 aromatic rings. The van der Waals surface area contributed by atoms with E-state index in [1.807, 2.05) is 6.07 Å². The average Bonchev–Trinajstić information content (AvgIpc) is 2.58. The zero-order valence-corrected chi connectivity index (χ0v) is 13.8. The van der Waals surface area contributed by atoms with E-state index in [9.17, 15) is 14.3 Å². The van der Waals surface area contributed by atoms with Crippen LogP contribution in [0.5, 0.6) is 5.75 Å².